The number of aryl methyl sites for hydroxylation is 1. The molecule has 1 aromatic carbocycles. The molecule has 0 heterocycles. The van der Waals surface area contributed by atoms with Crippen molar-refractivity contribution in [3.63, 3.8) is 0 Å². The van der Waals surface area contributed by atoms with Crippen LogP contribution in [0.5, 0.6) is 0 Å². The average Bonchev–Trinajstić information content (AvgIpc) is 2.41. The summed E-state index contributed by atoms with van der Waals surface area (Å²) in [7, 11) is 0. The molecule has 122 valence electrons. The Kier molecular flexibility index (Phi) is 6.40. The van der Waals surface area contributed by atoms with E-state index in [0.29, 0.717) is 19.5 Å². The third-order valence-corrected chi connectivity index (χ3v) is 3.06. The maximum absolute atomic E-state index is 12.1. The molecular formula is C17H25NO4. The van der Waals surface area contributed by atoms with Gasteiger partial charge >= 0.3 is 12.1 Å². The minimum atomic E-state index is -0.800. The molecule has 0 saturated carbocycles. The van der Waals surface area contributed by atoms with E-state index in [-0.39, 0.29) is 12.5 Å². The second-order valence-electron chi connectivity index (χ2n) is 6.20. The number of amides is 1. The van der Waals surface area contributed by atoms with E-state index in [1.165, 1.54) is 0 Å². The number of carbonyl (C=O) groups is 2. The summed E-state index contributed by atoms with van der Waals surface area (Å²) >= 11 is 0. The molecule has 0 spiro atoms. The van der Waals surface area contributed by atoms with E-state index in [1.807, 2.05) is 52.0 Å². The van der Waals surface area contributed by atoms with Gasteiger partial charge in [-0.05, 0) is 45.2 Å². The van der Waals surface area contributed by atoms with Crippen molar-refractivity contribution >= 4 is 12.1 Å². The van der Waals surface area contributed by atoms with Crippen molar-refractivity contribution in [1.82, 2.24) is 4.90 Å². The third kappa shape index (κ3) is 6.61. The maximum atomic E-state index is 12.1. The second kappa shape index (κ2) is 7.82. The number of benzene rings is 1. The van der Waals surface area contributed by atoms with Crippen LogP contribution in [0, 0.1) is 0 Å². The number of nitrogens with zero attached hydrogens (tertiary/aromatic N) is 1. The largest absolute Gasteiger partial charge is 0.481 e. The molecular weight excluding hydrogens is 282 g/mol. The van der Waals surface area contributed by atoms with Crippen LogP contribution >= 0.6 is 0 Å². The molecule has 0 radical (unpaired) electrons. The number of aliphatic carboxylic acids is 1. The summed E-state index contributed by atoms with van der Waals surface area (Å²) in [5, 5.41) is 8.68. The van der Waals surface area contributed by atoms with E-state index in [0.717, 1.165) is 11.1 Å². The molecule has 22 heavy (non-hydrogen) atoms. The van der Waals surface area contributed by atoms with Crippen molar-refractivity contribution in [3.05, 3.63) is 35.4 Å². The zero-order chi connectivity index (χ0) is 16.8. The molecule has 5 nitrogen and oxygen atoms in total. The Morgan fingerprint density at radius 3 is 2.14 bits per heavy atom. The summed E-state index contributed by atoms with van der Waals surface area (Å²) in [5.74, 6) is -0.800. The number of carboxylic acids is 1. The topological polar surface area (TPSA) is 66.8 Å². The van der Waals surface area contributed by atoms with Gasteiger partial charge in [-0.1, -0.05) is 24.3 Å². The quantitative estimate of drug-likeness (QED) is 0.874. The Balaban J connectivity index is 2.63. The zero-order valence-corrected chi connectivity index (χ0v) is 13.8. The van der Waals surface area contributed by atoms with E-state index < -0.39 is 11.6 Å². The number of hydrogen-bond acceptors (Lipinski definition) is 3. The van der Waals surface area contributed by atoms with Crippen LogP contribution < -0.4 is 0 Å². The first-order chi connectivity index (χ1) is 10.2. The van der Waals surface area contributed by atoms with Crippen LogP contribution in [-0.4, -0.2) is 34.2 Å². The van der Waals surface area contributed by atoms with Gasteiger partial charge in [0.15, 0.2) is 0 Å². The Bertz CT molecular complexity index is 502. The van der Waals surface area contributed by atoms with Crippen molar-refractivity contribution in [2.24, 2.45) is 0 Å². The molecule has 1 rings (SSSR count). The molecule has 0 bridgehead atoms. The van der Waals surface area contributed by atoms with Gasteiger partial charge in [0.2, 0.25) is 0 Å². The number of ether oxygens (including phenoxy) is 1. The van der Waals surface area contributed by atoms with Crippen molar-refractivity contribution < 1.29 is 19.4 Å². The minimum absolute atomic E-state index is 0.123. The van der Waals surface area contributed by atoms with Crippen LogP contribution in [0.2, 0.25) is 0 Å². The average molecular weight is 307 g/mol. The smallest absolute Gasteiger partial charge is 0.410 e. The van der Waals surface area contributed by atoms with Crippen molar-refractivity contribution in [2.75, 3.05) is 6.54 Å². The van der Waals surface area contributed by atoms with E-state index in [4.69, 9.17) is 9.84 Å². The summed E-state index contributed by atoms with van der Waals surface area (Å²) in [6, 6.07) is 7.65. The van der Waals surface area contributed by atoms with Crippen LogP contribution in [0.4, 0.5) is 4.79 Å². The molecule has 0 unspecified atom stereocenters. The molecule has 0 aliphatic heterocycles. The molecule has 0 aromatic heterocycles. The van der Waals surface area contributed by atoms with E-state index >= 15 is 0 Å². The monoisotopic (exact) mass is 307 g/mol. The van der Waals surface area contributed by atoms with Crippen molar-refractivity contribution in [3.8, 4) is 0 Å². The molecule has 5 heteroatoms. The molecule has 1 aromatic rings. The Morgan fingerprint density at radius 1 is 1.14 bits per heavy atom. The normalized spacial score (nSPS) is 11.1. The Hall–Kier alpha value is -2.04. The highest BCUT2D eigenvalue weighted by atomic mass is 16.6. The summed E-state index contributed by atoms with van der Waals surface area (Å²) in [6.07, 6.45) is 0.308. The first kappa shape index (κ1) is 18.0. The van der Waals surface area contributed by atoms with Gasteiger partial charge in [-0.3, -0.25) is 4.79 Å². The standard InChI is InChI=1S/C17H25NO4/c1-5-18(16(21)22-17(2,3)4)12-14-8-6-13(7-9-14)10-11-15(19)20/h6-9H,5,10-12H2,1-4H3,(H,19,20). The van der Waals surface area contributed by atoms with E-state index in [1.54, 1.807) is 4.90 Å². The SMILES string of the molecule is CCN(Cc1ccc(CCC(=O)O)cc1)C(=O)OC(C)(C)C. The number of rotatable bonds is 6. The van der Waals surface area contributed by atoms with Gasteiger partial charge in [-0.25, -0.2) is 4.79 Å². The maximum Gasteiger partial charge on any atom is 0.410 e. The summed E-state index contributed by atoms with van der Waals surface area (Å²) in [6.45, 7) is 8.48. The number of carbonyl (C=O) groups excluding carboxylic acids is 1. The fourth-order valence-electron chi connectivity index (χ4n) is 1.91. The summed E-state index contributed by atoms with van der Waals surface area (Å²) in [4.78, 5) is 24.3. The molecule has 0 saturated heterocycles. The Labute approximate surface area is 131 Å². The fraction of sp³-hybridized carbons (Fsp3) is 0.529. The second-order valence-corrected chi connectivity index (χ2v) is 6.20. The molecule has 0 fully saturated rings. The van der Waals surface area contributed by atoms with Crippen LogP contribution in [0.3, 0.4) is 0 Å². The highest BCUT2D eigenvalue weighted by molar-refractivity contribution is 5.68. The van der Waals surface area contributed by atoms with Gasteiger partial charge in [-0.2, -0.15) is 0 Å². The Morgan fingerprint density at radius 2 is 1.68 bits per heavy atom. The van der Waals surface area contributed by atoms with Crippen molar-refractivity contribution in [2.45, 2.75) is 52.7 Å². The first-order valence-electron chi connectivity index (χ1n) is 7.49. The molecule has 1 amide bonds. The third-order valence-electron chi connectivity index (χ3n) is 3.06. The lowest BCUT2D eigenvalue weighted by atomic mass is 10.1. The van der Waals surface area contributed by atoms with Crippen LogP contribution in [0.1, 0.15) is 45.2 Å². The lowest BCUT2D eigenvalue weighted by molar-refractivity contribution is -0.136. The fourth-order valence-corrected chi connectivity index (χ4v) is 1.91. The highest BCUT2D eigenvalue weighted by Crippen LogP contribution is 2.13. The number of hydrogen-bond donors (Lipinski definition) is 1. The van der Waals surface area contributed by atoms with Crippen LogP contribution in [0.25, 0.3) is 0 Å². The first-order valence-corrected chi connectivity index (χ1v) is 7.49. The van der Waals surface area contributed by atoms with Gasteiger partial charge in [0, 0.05) is 19.5 Å². The predicted octanol–water partition coefficient (Wildman–Crippen LogP) is 3.46. The molecule has 0 aliphatic carbocycles. The van der Waals surface area contributed by atoms with Gasteiger partial charge in [0.25, 0.3) is 0 Å². The molecule has 0 atom stereocenters. The van der Waals surface area contributed by atoms with Gasteiger partial charge in [-0.15, -0.1) is 0 Å². The highest BCUT2D eigenvalue weighted by Gasteiger charge is 2.21. The molecule has 1 N–H and O–H groups in total. The summed E-state index contributed by atoms with van der Waals surface area (Å²) < 4.78 is 5.37. The van der Waals surface area contributed by atoms with Crippen molar-refractivity contribution in [1.29, 1.82) is 0 Å². The minimum Gasteiger partial charge on any atom is -0.481 e. The van der Waals surface area contributed by atoms with Gasteiger partial charge < -0.3 is 14.7 Å². The van der Waals surface area contributed by atoms with E-state index in [9.17, 15) is 9.59 Å². The predicted molar refractivity (Wildman–Crippen MR) is 84.7 cm³/mol. The molecule has 0 aliphatic rings. The van der Waals surface area contributed by atoms with E-state index in [2.05, 4.69) is 0 Å². The van der Waals surface area contributed by atoms with Crippen LogP contribution in [0.15, 0.2) is 24.3 Å². The van der Waals surface area contributed by atoms with Crippen LogP contribution in [-0.2, 0) is 22.5 Å². The number of carboxylic acid groups (broad SMARTS) is 1. The van der Waals surface area contributed by atoms with Gasteiger partial charge in [0.05, 0.1) is 0 Å². The van der Waals surface area contributed by atoms with Gasteiger partial charge in [0.1, 0.15) is 5.60 Å². The lowest BCUT2D eigenvalue weighted by Gasteiger charge is -2.26. The zero-order valence-electron chi connectivity index (χ0n) is 13.8. The summed E-state index contributed by atoms with van der Waals surface area (Å²) in [5.41, 5.74) is 1.46. The lowest BCUT2D eigenvalue weighted by Crippen LogP contribution is -2.36.